The fourth-order valence-corrected chi connectivity index (χ4v) is 1.57. The first-order chi connectivity index (χ1) is 8.66. The zero-order chi connectivity index (χ0) is 13.0. The Kier molecular flexibility index (Phi) is 3.74. The lowest BCUT2D eigenvalue weighted by molar-refractivity contribution is -0.122. The summed E-state index contributed by atoms with van der Waals surface area (Å²) in [6, 6.07) is 8.53. The van der Waals surface area contributed by atoms with Crippen molar-refractivity contribution in [2.45, 2.75) is 19.5 Å². The first-order valence-corrected chi connectivity index (χ1v) is 5.66. The first-order valence-electron chi connectivity index (χ1n) is 5.66. The zero-order valence-electron chi connectivity index (χ0n) is 10.1. The number of nitrogens with one attached hydrogen (secondary N) is 1. The Morgan fingerprint density at radius 3 is 2.78 bits per heavy atom. The van der Waals surface area contributed by atoms with Gasteiger partial charge in [-0.2, -0.15) is 0 Å². The minimum atomic E-state index is -0.678. The monoisotopic (exact) mass is 245 g/mol. The maximum Gasteiger partial charge on any atom is 0.241 e. The van der Waals surface area contributed by atoms with Crippen LogP contribution in [0.4, 0.5) is 0 Å². The lowest BCUT2D eigenvalue weighted by atomic mass is 10.1. The highest BCUT2D eigenvalue weighted by Gasteiger charge is 2.15. The van der Waals surface area contributed by atoms with Crippen LogP contribution >= 0.6 is 0 Å². The lowest BCUT2D eigenvalue weighted by Crippen LogP contribution is -2.33. The highest BCUT2D eigenvalue weighted by molar-refractivity contribution is 5.82. The van der Waals surface area contributed by atoms with Gasteiger partial charge in [-0.25, -0.2) is 4.98 Å². The summed E-state index contributed by atoms with van der Waals surface area (Å²) >= 11 is 0. The number of hydrogen-bond acceptors (Lipinski definition) is 4. The number of rotatable bonds is 4. The second-order valence-electron chi connectivity index (χ2n) is 3.97. The summed E-state index contributed by atoms with van der Waals surface area (Å²) in [5.41, 5.74) is 6.62. The number of aryl methyl sites for hydroxylation is 1. The Morgan fingerprint density at radius 2 is 2.17 bits per heavy atom. The van der Waals surface area contributed by atoms with Crippen molar-refractivity contribution in [3.05, 3.63) is 53.7 Å². The minimum absolute atomic E-state index is 0.243. The molecule has 0 aliphatic heterocycles. The number of nitrogens with two attached hydrogens (primary N) is 1. The van der Waals surface area contributed by atoms with Gasteiger partial charge in [-0.15, -0.1) is 0 Å². The highest BCUT2D eigenvalue weighted by Crippen LogP contribution is 2.09. The first kappa shape index (κ1) is 12.3. The summed E-state index contributed by atoms with van der Waals surface area (Å²) in [6.45, 7) is 2.04. The Balaban J connectivity index is 1.92. The van der Waals surface area contributed by atoms with Crippen molar-refractivity contribution in [2.75, 3.05) is 0 Å². The summed E-state index contributed by atoms with van der Waals surface area (Å²) in [4.78, 5) is 15.8. The molecule has 5 nitrogen and oxygen atoms in total. The van der Waals surface area contributed by atoms with E-state index in [0.29, 0.717) is 11.7 Å². The summed E-state index contributed by atoms with van der Waals surface area (Å²) in [6.07, 6.45) is 1.61. The van der Waals surface area contributed by atoms with E-state index in [-0.39, 0.29) is 12.5 Å². The molecule has 3 N–H and O–H groups in total. The van der Waals surface area contributed by atoms with Gasteiger partial charge in [0.05, 0.1) is 12.7 Å². The van der Waals surface area contributed by atoms with Gasteiger partial charge in [0, 0.05) is 0 Å². The Bertz CT molecular complexity index is 522. The number of amides is 1. The van der Waals surface area contributed by atoms with E-state index in [1.807, 2.05) is 30.3 Å². The fourth-order valence-electron chi connectivity index (χ4n) is 1.57. The van der Waals surface area contributed by atoms with Gasteiger partial charge in [-0.3, -0.25) is 4.79 Å². The second-order valence-corrected chi connectivity index (χ2v) is 3.97. The predicted molar refractivity (Wildman–Crippen MR) is 66.5 cm³/mol. The normalized spacial score (nSPS) is 12.1. The number of oxazole rings is 1. The van der Waals surface area contributed by atoms with E-state index in [4.69, 9.17) is 10.2 Å². The van der Waals surface area contributed by atoms with E-state index in [0.717, 1.165) is 5.56 Å². The molecule has 0 aliphatic rings. The van der Waals surface area contributed by atoms with Crippen LogP contribution in [-0.4, -0.2) is 10.9 Å². The Morgan fingerprint density at radius 1 is 1.44 bits per heavy atom. The van der Waals surface area contributed by atoms with Gasteiger partial charge < -0.3 is 15.5 Å². The number of carbonyl (C=O) groups excluding carboxylic acids is 1. The minimum Gasteiger partial charge on any atom is -0.444 e. The van der Waals surface area contributed by atoms with Crippen LogP contribution < -0.4 is 11.1 Å². The third-order valence-electron chi connectivity index (χ3n) is 2.52. The number of nitrogens with zero attached hydrogens (tertiary/aromatic N) is 1. The molecule has 0 saturated carbocycles. The molecule has 0 radical (unpaired) electrons. The third-order valence-corrected chi connectivity index (χ3v) is 2.52. The molecular weight excluding hydrogens is 230 g/mol. The van der Waals surface area contributed by atoms with Gasteiger partial charge >= 0.3 is 0 Å². The second kappa shape index (κ2) is 5.46. The van der Waals surface area contributed by atoms with Crippen molar-refractivity contribution in [3.8, 4) is 0 Å². The molecule has 94 valence electrons. The van der Waals surface area contributed by atoms with Crippen LogP contribution in [0.5, 0.6) is 0 Å². The Labute approximate surface area is 105 Å². The quantitative estimate of drug-likeness (QED) is 0.850. The molecule has 2 aromatic rings. The average Bonchev–Trinajstić information content (AvgIpc) is 2.82. The number of aromatic nitrogens is 1. The molecule has 2 rings (SSSR count). The van der Waals surface area contributed by atoms with Crippen LogP contribution in [0.25, 0.3) is 0 Å². The number of benzene rings is 1. The van der Waals surface area contributed by atoms with Gasteiger partial charge in [-0.1, -0.05) is 30.3 Å². The molecular formula is C13H15N3O2. The van der Waals surface area contributed by atoms with Crippen LogP contribution in [-0.2, 0) is 11.3 Å². The summed E-state index contributed by atoms with van der Waals surface area (Å²) in [7, 11) is 0. The molecule has 0 aliphatic carbocycles. The van der Waals surface area contributed by atoms with Crippen LogP contribution in [0.1, 0.15) is 23.3 Å². The van der Waals surface area contributed by atoms with Crippen LogP contribution in [0.15, 0.2) is 40.9 Å². The molecule has 1 atom stereocenters. The molecule has 1 aromatic carbocycles. The fraction of sp³-hybridized carbons (Fsp3) is 0.231. The lowest BCUT2D eigenvalue weighted by Gasteiger charge is -2.11. The molecule has 5 heteroatoms. The molecule has 0 saturated heterocycles. The molecule has 0 unspecified atom stereocenters. The molecule has 0 fully saturated rings. The largest absolute Gasteiger partial charge is 0.444 e. The molecule has 1 aromatic heterocycles. The highest BCUT2D eigenvalue weighted by atomic mass is 16.4. The maximum absolute atomic E-state index is 11.8. The van der Waals surface area contributed by atoms with E-state index in [9.17, 15) is 4.79 Å². The molecule has 18 heavy (non-hydrogen) atoms. The van der Waals surface area contributed by atoms with Crippen LogP contribution in [0.2, 0.25) is 0 Å². The molecule has 0 bridgehead atoms. The van der Waals surface area contributed by atoms with E-state index < -0.39 is 6.04 Å². The Hall–Kier alpha value is -2.14. The van der Waals surface area contributed by atoms with Gasteiger partial charge in [0.2, 0.25) is 11.8 Å². The van der Waals surface area contributed by atoms with Crippen molar-refractivity contribution >= 4 is 5.91 Å². The topological polar surface area (TPSA) is 81.2 Å². The van der Waals surface area contributed by atoms with Gasteiger partial charge in [0.25, 0.3) is 0 Å². The smallest absolute Gasteiger partial charge is 0.241 e. The van der Waals surface area contributed by atoms with Gasteiger partial charge in [0.1, 0.15) is 11.8 Å². The number of hydrogen-bond donors (Lipinski definition) is 2. The molecule has 1 heterocycles. The van der Waals surface area contributed by atoms with Crippen molar-refractivity contribution in [3.63, 3.8) is 0 Å². The van der Waals surface area contributed by atoms with Crippen LogP contribution in [0, 0.1) is 6.92 Å². The van der Waals surface area contributed by atoms with E-state index in [1.54, 1.807) is 13.1 Å². The van der Waals surface area contributed by atoms with E-state index in [1.165, 1.54) is 0 Å². The van der Waals surface area contributed by atoms with Crippen LogP contribution in [0.3, 0.4) is 0 Å². The summed E-state index contributed by atoms with van der Waals surface area (Å²) < 4.78 is 5.25. The predicted octanol–water partition coefficient (Wildman–Crippen LogP) is 1.30. The zero-order valence-corrected chi connectivity index (χ0v) is 10.1. The van der Waals surface area contributed by atoms with E-state index >= 15 is 0 Å². The maximum atomic E-state index is 11.8. The summed E-state index contributed by atoms with van der Waals surface area (Å²) in [5.74, 6) is 0.935. The standard InChI is InChI=1S/C13H15N3O2/c1-9-7-15-11(18-9)8-16-13(17)12(14)10-5-3-2-4-6-10/h2-7,12H,8,14H2,1H3,(H,16,17)/t12-/m0/s1. The van der Waals surface area contributed by atoms with Gasteiger partial charge in [0.15, 0.2) is 0 Å². The van der Waals surface area contributed by atoms with Crippen molar-refractivity contribution in [1.29, 1.82) is 0 Å². The SMILES string of the molecule is Cc1cnc(CNC(=O)[C@@H](N)c2ccccc2)o1. The van der Waals surface area contributed by atoms with Crippen molar-refractivity contribution in [2.24, 2.45) is 5.73 Å². The number of carbonyl (C=O) groups is 1. The van der Waals surface area contributed by atoms with Crippen molar-refractivity contribution in [1.82, 2.24) is 10.3 Å². The van der Waals surface area contributed by atoms with E-state index in [2.05, 4.69) is 10.3 Å². The van der Waals surface area contributed by atoms with Gasteiger partial charge in [-0.05, 0) is 12.5 Å². The average molecular weight is 245 g/mol. The van der Waals surface area contributed by atoms with Crippen molar-refractivity contribution < 1.29 is 9.21 Å². The third kappa shape index (κ3) is 2.95. The molecule has 0 spiro atoms. The molecule has 1 amide bonds. The summed E-state index contributed by atoms with van der Waals surface area (Å²) in [5, 5.41) is 2.69.